The van der Waals surface area contributed by atoms with Gasteiger partial charge in [-0.15, -0.1) is 0 Å². The molecular formula is C27H22F8N2O3S. The molecule has 1 fully saturated rings. The van der Waals surface area contributed by atoms with E-state index in [2.05, 4.69) is 9.97 Å². The third-order valence-corrected chi connectivity index (χ3v) is 10.0. The third kappa shape index (κ3) is 5.45. The van der Waals surface area contributed by atoms with E-state index in [1.54, 1.807) is 0 Å². The van der Waals surface area contributed by atoms with E-state index in [1.165, 1.54) is 18.6 Å². The Hall–Kier alpha value is -3.42. The van der Waals surface area contributed by atoms with Crippen molar-refractivity contribution in [2.45, 2.75) is 59.8 Å². The van der Waals surface area contributed by atoms with Crippen LogP contribution in [0.1, 0.15) is 53.7 Å². The van der Waals surface area contributed by atoms with Crippen molar-refractivity contribution in [1.29, 1.82) is 0 Å². The highest BCUT2D eigenvalue weighted by atomic mass is 32.2. The van der Waals surface area contributed by atoms with Crippen molar-refractivity contribution in [3.63, 3.8) is 0 Å². The quantitative estimate of drug-likeness (QED) is 0.164. The fourth-order valence-electron chi connectivity index (χ4n) is 5.21. The van der Waals surface area contributed by atoms with Gasteiger partial charge < -0.3 is 0 Å². The molecule has 0 unspecified atom stereocenters. The molecule has 1 aliphatic carbocycles. The van der Waals surface area contributed by atoms with Crippen LogP contribution < -0.4 is 0 Å². The van der Waals surface area contributed by atoms with Gasteiger partial charge in [0.2, 0.25) is 0 Å². The summed E-state index contributed by atoms with van der Waals surface area (Å²) in [4.78, 5) is 19.9. The zero-order chi connectivity index (χ0) is 30.3. The number of Topliss-reactive ketones (excluding diaryl/α,β-unsaturated/α-hetero) is 1. The largest absolute Gasteiger partial charge is 0.435 e. The van der Waals surface area contributed by atoms with Gasteiger partial charge in [-0.2, -0.15) is 26.3 Å². The molecule has 41 heavy (non-hydrogen) atoms. The van der Waals surface area contributed by atoms with Crippen LogP contribution in [0, 0.1) is 11.7 Å². The molecule has 0 N–H and O–H groups in total. The Morgan fingerprint density at radius 1 is 0.854 bits per heavy atom. The van der Waals surface area contributed by atoms with Crippen LogP contribution in [0.2, 0.25) is 0 Å². The first kappa shape index (κ1) is 30.5. The van der Waals surface area contributed by atoms with Crippen molar-refractivity contribution >= 4 is 15.6 Å². The van der Waals surface area contributed by atoms with Gasteiger partial charge in [-0.05, 0) is 67.5 Å². The summed E-state index contributed by atoms with van der Waals surface area (Å²) in [6.45, 7) is 0. The van der Waals surface area contributed by atoms with Gasteiger partial charge in [0, 0.05) is 18.2 Å². The van der Waals surface area contributed by atoms with Crippen LogP contribution in [0.5, 0.6) is 0 Å². The molecule has 0 aliphatic heterocycles. The summed E-state index contributed by atoms with van der Waals surface area (Å²) in [6.07, 6.45) is -10.1. The zero-order valence-corrected chi connectivity index (χ0v) is 21.8. The lowest BCUT2D eigenvalue weighted by Crippen LogP contribution is -2.50. The number of ketones is 1. The lowest BCUT2D eigenvalue weighted by Gasteiger charge is -2.40. The van der Waals surface area contributed by atoms with Crippen LogP contribution in [-0.2, 0) is 20.3 Å². The summed E-state index contributed by atoms with van der Waals surface area (Å²) < 4.78 is 134. The summed E-state index contributed by atoms with van der Waals surface area (Å²) in [5.41, 5.74) is -7.42. The molecule has 220 valence electrons. The van der Waals surface area contributed by atoms with E-state index in [-0.39, 0.29) is 72.1 Å². The predicted molar refractivity (Wildman–Crippen MR) is 130 cm³/mol. The van der Waals surface area contributed by atoms with E-state index in [9.17, 15) is 48.3 Å². The van der Waals surface area contributed by atoms with Crippen molar-refractivity contribution in [2.75, 3.05) is 0 Å². The van der Waals surface area contributed by atoms with Gasteiger partial charge in [-0.25, -0.2) is 27.2 Å². The lowest BCUT2D eigenvalue weighted by molar-refractivity contribution is -0.348. The zero-order valence-electron chi connectivity index (χ0n) is 21.0. The van der Waals surface area contributed by atoms with Gasteiger partial charge in [0.15, 0.2) is 15.6 Å². The van der Waals surface area contributed by atoms with Gasteiger partial charge in [0.1, 0.15) is 22.6 Å². The first-order valence-electron chi connectivity index (χ1n) is 12.3. The van der Waals surface area contributed by atoms with E-state index in [0.717, 1.165) is 36.4 Å². The van der Waals surface area contributed by atoms with Gasteiger partial charge >= 0.3 is 18.0 Å². The van der Waals surface area contributed by atoms with Gasteiger partial charge in [0.25, 0.3) is 0 Å². The molecule has 0 atom stereocenters. The number of benzene rings is 2. The van der Waals surface area contributed by atoms with Crippen LogP contribution in [0.25, 0.3) is 0 Å². The minimum absolute atomic E-state index is 0.0180. The number of hydrogen-bond donors (Lipinski definition) is 0. The second-order valence-corrected chi connectivity index (χ2v) is 12.1. The standard InChI is InChI=1S/C27H22F8N2O3S/c28-20-5-7-21(8-6-20)41(39,40)24(12-9-17(10-13-24)15-23(38)22-11-14-36-16-37-22)18-1-3-19(4-2-18)25(29,26(30,31)32)27(33,34)35/h1-8,11,14,16-17H,9-10,12-13,15H2. The monoisotopic (exact) mass is 606 g/mol. The maximum Gasteiger partial charge on any atom is 0.435 e. The number of sulfone groups is 1. The minimum Gasteiger partial charge on any atom is -0.292 e. The Morgan fingerprint density at radius 2 is 1.41 bits per heavy atom. The van der Waals surface area contributed by atoms with Crippen LogP contribution in [-0.4, -0.2) is 36.5 Å². The third-order valence-electron chi connectivity index (χ3n) is 7.48. The summed E-state index contributed by atoms with van der Waals surface area (Å²) in [5, 5.41) is 0. The molecule has 2 aromatic carbocycles. The van der Waals surface area contributed by atoms with Gasteiger partial charge in [-0.1, -0.05) is 24.3 Å². The second kappa shape index (κ2) is 10.8. The Labute approximate surface area is 229 Å². The number of carbonyl (C=O) groups is 1. The summed E-state index contributed by atoms with van der Waals surface area (Å²) >= 11 is 0. The predicted octanol–water partition coefficient (Wildman–Crippen LogP) is 7.04. The van der Waals surface area contributed by atoms with Crippen molar-refractivity contribution in [3.05, 3.63) is 89.8 Å². The van der Waals surface area contributed by atoms with Crippen molar-refractivity contribution in [2.24, 2.45) is 5.92 Å². The smallest absolute Gasteiger partial charge is 0.292 e. The van der Waals surface area contributed by atoms with Crippen LogP contribution in [0.3, 0.4) is 0 Å². The molecule has 14 heteroatoms. The Kier molecular flexibility index (Phi) is 8.02. The lowest BCUT2D eigenvalue weighted by atomic mass is 9.75. The molecule has 0 radical (unpaired) electrons. The number of alkyl halides is 7. The summed E-state index contributed by atoms with van der Waals surface area (Å²) in [6, 6.07) is 7.29. The molecule has 1 heterocycles. The Balaban J connectivity index is 1.72. The maximum atomic E-state index is 14.6. The van der Waals surface area contributed by atoms with Gasteiger partial charge in [0.05, 0.1) is 4.90 Å². The molecule has 1 aromatic heterocycles. The Bertz CT molecular complexity index is 1470. The molecule has 5 nitrogen and oxygen atoms in total. The SMILES string of the molecule is O=C(CC1CCC(c2ccc(C(F)(C(F)(F)F)C(F)(F)F)cc2)(S(=O)(=O)c2ccc(F)cc2)CC1)c1ccncn1. The molecule has 3 aromatic rings. The summed E-state index contributed by atoms with van der Waals surface area (Å²) in [7, 11) is -4.41. The Morgan fingerprint density at radius 3 is 1.90 bits per heavy atom. The number of aromatic nitrogens is 2. The van der Waals surface area contributed by atoms with E-state index < -0.39 is 44.0 Å². The molecular weight excluding hydrogens is 584 g/mol. The van der Waals surface area contributed by atoms with Crippen LogP contribution >= 0.6 is 0 Å². The van der Waals surface area contributed by atoms with E-state index >= 15 is 0 Å². The summed E-state index contributed by atoms with van der Waals surface area (Å²) in [5.74, 6) is -1.34. The number of carbonyl (C=O) groups excluding carboxylic acids is 1. The van der Waals surface area contributed by atoms with Crippen LogP contribution in [0.15, 0.2) is 72.0 Å². The van der Waals surface area contributed by atoms with E-state index in [4.69, 9.17) is 0 Å². The molecule has 0 saturated heterocycles. The molecule has 0 amide bonds. The number of halogens is 8. The van der Waals surface area contributed by atoms with E-state index in [1.807, 2.05) is 0 Å². The normalized spacial score (nSPS) is 20.5. The minimum atomic E-state index is -6.33. The highest BCUT2D eigenvalue weighted by Crippen LogP contribution is 2.54. The number of rotatable bonds is 7. The first-order chi connectivity index (χ1) is 19.0. The van der Waals surface area contributed by atoms with Crippen molar-refractivity contribution in [3.8, 4) is 0 Å². The highest BCUT2D eigenvalue weighted by molar-refractivity contribution is 7.92. The second-order valence-electron chi connectivity index (χ2n) is 9.85. The van der Waals surface area contributed by atoms with Crippen molar-refractivity contribution in [1.82, 2.24) is 9.97 Å². The average Bonchev–Trinajstić information content (AvgIpc) is 2.92. The molecule has 1 saturated carbocycles. The molecule has 0 bridgehead atoms. The number of nitrogens with zero attached hydrogens (tertiary/aromatic N) is 2. The van der Waals surface area contributed by atoms with Crippen LogP contribution in [0.4, 0.5) is 35.1 Å². The van der Waals surface area contributed by atoms with Crippen molar-refractivity contribution < 1.29 is 48.3 Å². The topological polar surface area (TPSA) is 77.0 Å². The first-order valence-corrected chi connectivity index (χ1v) is 13.7. The molecule has 0 spiro atoms. The van der Waals surface area contributed by atoms with Gasteiger partial charge in [-0.3, -0.25) is 4.79 Å². The number of hydrogen-bond acceptors (Lipinski definition) is 5. The molecule has 1 aliphatic rings. The molecule has 4 rings (SSSR count). The fourth-order valence-corrected chi connectivity index (χ4v) is 7.38. The van der Waals surface area contributed by atoms with E-state index in [0.29, 0.717) is 0 Å². The fraction of sp³-hybridized carbons (Fsp3) is 0.370. The average molecular weight is 607 g/mol. The highest BCUT2D eigenvalue weighted by Gasteiger charge is 2.73. The maximum absolute atomic E-state index is 14.6.